The largest absolute Gasteiger partial charge is 0.490 e. The fraction of sp³-hybridized carbons (Fsp3) is 0.348. The van der Waals surface area contributed by atoms with Crippen LogP contribution in [0.5, 0.6) is 11.5 Å². The zero-order valence-corrected chi connectivity index (χ0v) is 17.7. The second kappa shape index (κ2) is 8.98. The first-order valence-electron chi connectivity index (χ1n) is 10.0. The standard InChI is InChI=1S/C23H27N3O4/c1-5-29-20-13-17(11-12-19(20)30-15-16(2)3)14-24-26-21(27)23(4,25-22(26)28)18-9-7-6-8-10-18/h6-14,16H,5,15H2,1-4H3,(H,25,28)/b24-14-/t23-/m1/s1. The second-order valence-corrected chi connectivity index (χ2v) is 7.63. The van der Waals surface area contributed by atoms with Gasteiger partial charge in [-0.2, -0.15) is 5.10 Å². The van der Waals surface area contributed by atoms with Crippen LogP contribution < -0.4 is 14.8 Å². The first-order chi connectivity index (χ1) is 14.3. The molecule has 0 spiro atoms. The van der Waals surface area contributed by atoms with Crippen molar-refractivity contribution < 1.29 is 19.1 Å². The molecule has 1 N–H and O–H groups in total. The van der Waals surface area contributed by atoms with Crippen molar-refractivity contribution >= 4 is 18.2 Å². The minimum absolute atomic E-state index is 0.388. The van der Waals surface area contributed by atoms with E-state index in [2.05, 4.69) is 24.3 Å². The molecule has 1 saturated heterocycles. The molecule has 2 aromatic carbocycles. The summed E-state index contributed by atoms with van der Waals surface area (Å²) in [4.78, 5) is 25.3. The third kappa shape index (κ3) is 4.45. The number of hydrogen-bond acceptors (Lipinski definition) is 5. The summed E-state index contributed by atoms with van der Waals surface area (Å²) in [6.07, 6.45) is 1.46. The zero-order chi connectivity index (χ0) is 21.7. The molecule has 0 aliphatic carbocycles. The van der Waals surface area contributed by atoms with Gasteiger partial charge >= 0.3 is 6.03 Å². The number of nitrogens with zero attached hydrogens (tertiary/aromatic N) is 2. The van der Waals surface area contributed by atoms with Crippen LogP contribution in [0, 0.1) is 5.92 Å². The molecule has 158 valence electrons. The third-order valence-corrected chi connectivity index (χ3v) is 4.68. The van der Waals surface area contributed by atoms with E-state index in [-0.39, 0.29) is 0 Å². The van der Waals surface area contributed by atoms with Gasteiger partial charge in [0.05, 0.1) is 19.4 Å². The zero-order valence-electron chi connectivity index (χ0n) is 17.7. The topological polar surface area (TPSA) is 80.2 Å². The highest BCUT2D eigenvalue weighted by Gasteiger charge is 2.49. The Kier molecular flexibility index (Phi) is 6.40. The molecule has 1 aliphatic rings. The van der Waals surface area contributed by atoms with E-state index < -0.39 is 17.5 Å². The molecule has 30 heavy (non-hydrogen) atoms. The maximum absolute atomic E-state index is 12.9. The number of rotatable bonds is 8. The van der Waals surface area contributed by atoms with Crippen molar-refractivity contribution in [2.75, 3.05) is 13.2 Å². The number of amides is 3. The molecule has 1 heterocycles. The molecule has 1 aliphatic heterocycles. The van der Waals surface area contributed by atoms with E-state index in [1.54, 1.807) is 37.3 Å². The Labute approximate surface area is 176 Å². The summed E-state index contributed by atoms with van der Waals surface area (Å²) in [6, 6.07) is 13.9. The first-order valence-corrected chi connectivity index (χ1v) is 10.0. The van der Waals surface area contributed by atoms with Gasteiger partial charge in [-0.25, -0.2) is 4.79 Å². The van der Waals surface area contributed by atoms with Gasteiger partial charge in [0.1, 0.15) is 5.54 Å². The fourth-order valence-corrected chi connectivity index (χ4v) is 3.07. The highest BCUT2D eigenvalue weighted by atomic mass is 16.5. The average Bonchev–Trinajstić information content (AvgIpc) is 2.95. The van der Waals surface area contributed by atoms with E-state index in [1.807, 2.05) is 25.1 Å². The van der Waals surface area contributed by atoms with E-state index in [0.29, 0.717) is 41.8 Å². The normalized spacial score (nSPS) is 18.9. The number of carbonyl (C=O) groups excluding carboxylic acids is 2. The van der Waals surface area contributed by atoms with Gasteiger partial charge in [-0.3, -0.25) is 4.79 Å². The maximum Gasteiger partial charge on any atom is 0.346 e. The van der Waals surface area contributed by atoms with Crippen LogP contribution in [-0.2, 0) is 10.3 Å². The first kappa shape index (κ1) is 21.4. The minimum atomic E-state index is -1.15. The van der Waals surface area contributed by atoms with Crippen molar-refractivity contribution in [3.63, 3.8) is 0 Å². The minimum Gasteiger partial charge on any atom is -0.490 e. The maximum atomic E-state index is 12.9. The van der Waals surface area contributed by atoms with E-state index in [1.165, 1.54) is 6.21 Å². The summed E-state index contributed by atoms with van der Waals surface area (Å²) in [7, 11) is 0. The molecule has 0 aromatic heterocycles. The molecule has 0 bridgehead atoms. The lowest BCUT2D eigenvalue weighted by Crippen LogP contribution is -2.40. The summed E-state index contributed by atoms with van der Waals surface area (Å²) in [5.41, 5.74) is 0.233. The van der Waals surface area contributed by atoms with Crippen LogP contribution in [0.3, 0.4) is 0 Å². The van der Waals surface area contributed by atoms with Gasteiger partial charge in [0.15, 0.2) is 11.5 Å². The molecule has 1 fully saturated rings. The molecule has 0 saturated carbocycles. The second-order valence-electron chi connectivity index (χ2n) is 7.63. The number of nitrogens with one attached hydrogen (secondary N) is 1. The number of hydrogen-bond donors (Lipinski definition) is 1. The van der Waals surface area contributed by atoms with Crippen molar-refractivity contribution in [3.05, 3.63) is 59.7 Å². The van der Waals surface area contributed by atoms with Gasteiger partial charge in [0, 0.05) is 0 Å². The molecule has 7 heteroatoms. The van der Waals surface area contributed by atoms with Gasteiger partial charge in [0.2, 0.25) is 0 Å². The van der Waals surface area contributed by atoms with E-state index in [4.69, 9.17) is 9.47 Å². The van der Waals surface area contributed by atoms with Crippen LogP contribution in [0.1, 0.15) is 38.8 Å². The average molecular weight is 409 g/mol. The van der Waals surface area contributed by atoms with Crippen LogP contribution in [0.25, 0.3) is 0 Å². The van der Waals surface area contributed by atoms with E-state index in [0.717, 1.165) is 5.01 Å². The summed E-state index contributed by atoms with van der Waals surface area (Å²) >= 11 is 0. The molecule has 3 rings (SSSR count). The molecule has 7 nitrogen and oxygen atoms in total. The molecule has 3 amide bonds. The van der Waals surface area contributed by atoms with Crippen LogP contribution in [0.15, 0.2) is 53.6 Å². The van der Waals surface area contributed by atoms with Gasteiger partial charge < -0.3 is 14.8 Å². The predicted octanol–water partition coefficient (Wildman–Crippen LogP) is 3.92. The van der Waals surface area contributed by atoms with Gasteiger partial charge in [0.25, 0.3) is 5.91 Å². The molecule has 2 aromatic rings. The molecule has 0 radical (unpaired) electrons. The molecular formula is C23H27N3O4. The predicted molar refractivity (Wildman–Crippen MR) is 115 cm³/mol. The number of ether oxygens (including phenoxy) is 2. The van der Waals surface area contributed by atoms with Crippen molar-refractivity contribution in [2.45, 2.75) is 33.2 Å². The van der Waals surface area contributed by atoms with Crippen LogP contribution >= 0.6 is 0 Å². The Morgan fingerprint density at radius 3 is 2.50 bits per heavy atom. The summed E-state index contributed by atoms with van der Waals surface area (Å²) < 4.78 is 11.5. The van der Waals surface area contributed by atoms with E-state index >= 15 is 0 Å². The summed E-state index contributed by atoms with van der Waals surface area (Å²) in [5.74, 6) is 1.19. The molecule has 1 atom stereocenters. The van der Waals surface area contributed by atoms with Crippen LogP contribution in [0.2, 0.25) is 0 Å². The lowest BCUT2D eigenvalue weighted by Gasteiger charge is -2.20. The van der Waals surface area contributed by atoms with Gasteiger partial charge in [-0.1, -0.05) is 44.2 Å². The highest BCUT2D eigenvalue weighted by molar-refractivity contribution is 6.07. The number of imide groups is 1. The Morgan fingerprint density at radius 2 is 1.83 bits per heavy atom. The monoisotopic (exact) mass is 409 g/mol. The summed E-state index contributed by atoms with van der Waals surface area (Å²) in [6.45, 7) is 8.78. The SMILES string of the molecule is CCOc1cc(/C=N\N2C(=O)N[C@](C)(c3ccccc3)C2=O)ccc1OCC(C)C. The van der Waals surface area contributed by atoms with E-state index in [9.17, 15) is 9.59 Å². The highest BCUT2D eigenvalue weighted by Crippen LogP contribution is 2.30. The summed E-state index contributed by atoms with van der Waals surface area (Å²) in [5, 5.41) is 7.72. The van der Waals surface area contributed by atoms with Crippen molar-refractivity contribution in [3.8, 4) is 11.5 Å². The molecular weight excluding hydrogens is 382 g/mol. The number of urea groups is 1. The van der Waals surface area contributed by atoms with Crippen molar-refractivity contribution in [1.82, 2.24) is 10.3 Å². The Morgan fingerprint density at radius 1 is 1.10 bits per heavy atom. The van der Waals surface area contributed by atoms with Crippen molar-refractivity contribution in [2.24, 2.45) is 11.0 Å². The van der Waals surface area contributed by atoms with Crippen LogP contribution in [0.4, 0.5) is 4.79 Å². The quantitative estimate of drug-likeness (QED) is 0.529. The van der Waals surface area contributed by atoms with Crippen molar-refractivity contribution in [1.29, 1.82) is 0 Å². The molecule has 0 unspecified atom stereocenters. The Bertz CT molecular complexity index is 943. The Hall–Kier alpha value is -3.35. The Balaban J connectivity index is 1.80. The third-order valence-electron chi connectivity index (χ3n) is 4.68. The smallest absolute Gasteiger partial charge is 0.346 e. The van der Waals surface area contributed by atoms with Crippen LogP contribution in [-0.4, -0.2) is 36.4 Å². The number of carbonyl (C=O) groups is 2. The lowest BCUT2D eigenvalue weighted by molar-refractivity contribution is -0.131. The fourth-order valence-electron chi connectivity index (χ4n) is 3.07. The van der Waals surface area contributed by atoms with Gasteiger partial charge in [-0.05, 0) is 49.1 Å². The number of hydrazone groups is 1. The van der Waals surface area contributed by atoms with Gasteiger partial charge in [-0.15, -0.1) is 5.01 Å². The number of benzene rings is 2. The lowest BCUT2D eigenvalue weighted by atomic mass is 9.92.